The molecule has 0 spiro atoms. The maximum absolute atomic E-state index is 12.5. The Balaban J connectivity index is 0.000000363. The molecule has 0 unspecified atom stereocenters. The molecule has 0 radical (unpaired) electrons. The molecule has 0 aliphatic heterocycles. The number of halogens is 3. The molecule has 93 heavy (non-hydrogen) atoms. The Labute approximate surface area is 569 Å². The lowest BCUT2D eigenvalue weighted by atomic mass is 10.0. The largest absolute Gasteiger partial charge is 0.508 e. The van der Waals surface area contributed by atoms with E-state index in [1.165, 1.54) is 39.9 Å². The monoisotopic (exact) mass is 1350 g/mol. The number of rotatable bonds is 11. The lowest BCUT2D eigenvalue weighted by Crippen LogP contribution is -1.99. The van der Waals surface area contributed by atoms with Crippen LogP contribution in [0.1, 0.15) is 230 Å². The number of nitro benzene ring substituents is 1. The summed E-state index contributed by atoms with van der Waals surface area (Å²) in [4.78, 5) is 10.3. The molecule has 0 saturated carbocycles. The summed E-state index contributed by atoms with van der Waals surface area (Å²) in [5.74, 6) is 4.44. The fourth-order valence-corrected chi connectivity index (χ4v) is 9.35. The first kappa shape index (κ1) is 81.2. The quantitative estimate of drug-likeness (QED) is 0.0486. The molecule has 9 rings (SSSR count). The van der Waals surface area contributed by atoms with Crippen molar-refractivity contribution in [2.24, 2.45) is 0 Å². The van der Waals surface area contributed by atoms with Gasteiger partial charge in [0, 0.05) is 34.6 Å². The summed E-state index contributed by atoms with van der Waals surface area (Å²) in [5.41, 5.74) is 14.6. The van der Waals surface area contributed by atoms with Gasteiger partial charge in [0.25, 0.3) is 5.69 Å². The molecule has 10 nitrogen and oxygen atoms in total. The van der Waals surface area contributed by atoms with Crippen LogP contribution in [0.15, 0.2) is 181 Å². The van der Waals surface area contributed by atoms with Crippen LogP contribution in [0.5, 0.6) is 28.7 Å². The van der Waals surface area contributed by atoms with Gasteiger partial charge in [0.2, 0.25) is 0 Å². The van der Waals surface area contributed by atoms with E-state index >= 15 is 0 Å². The van der Waals surface area contributed by atoms with Gasteiger partial charge in [0.15, 0.2) is 11.5 Å². The number of phenolic OH excluding ortho intramolecular Hbond substituents is 5. The second-order valence-corrected chi connectivity index (χ2v) is 26.9. The van der Waals surface area contributed by atoms with E-state index in [1.807, 2.05) is 120 Å². The molecule has 0 aliphatic rings. The molecular weight excluding hydrogens is 1250 g/mol. The maximum Gasteiger partial charge on any atom is 0.272 e. The van der Waals surface area contributed by atoms with Crippen LogP contribution in [-0.2, 0) is 6.54 Å². The Morgan fingerprint density at radius 3 is 1.43 bits per heavy atom. The van der Waals surface area contributed by atoms with Gasteiger partial charge >= 0.3 is 0 Å². The lowest BCUT2D eigenvalue weighted by Gasteiger charge is -2.08. The second kappa shape index (κ2) is 40.9. The highest BCUT2D eigenvalue weighted by Crippen LogP contribution is 2.33. The molecular formula is C80H104BrClFN3O7. The van der Waals surface area contributed by atoms with Crippen LogP contribution in [0, 0.1) is 43.6 Å². The third-order valence-electron chi connectivity index (χ3n) is 14.9. The van der Waals surface area contributed by atoms with Gasteiger partial charge in [-0.25, -0.2) is 4.39 Å². The van der Waals surface area contributed by atoms with E-state index in [4.69, 9.17) is 16.7 Å². The van der Waals surface area contributed by atoms with Gasteiger partial charge < -0.3 is 25.5 Å². The van der Waals surface area contributed by atoms with E-state index in [0.717, 1.165) is 60.5 Å². The molecule has 1 aromatic heterocycles. The number of aryl methyl sites for hydroxylation is 4. The summed E-state index contributed by atoms with van der Waals surface area (Å²) in [6.07, 6.45) is 3.79. The van der Waals surface area contributed by atoms with Gasteiger partial charge in [0.1, 0.15) is 23.1 Å². The van der Waals surface area contributed by atoms with Crippen LogP contribution < -0.4 is 0 Å². The molecule has 13 heteroatoms. The van der Waals surface area contributed by atoms with E-state index in [-0.39, 0.29) is 33.8 Å². The van der Waals surface area contributed by atoms with E-state index in [1.54, 1.807) is 61.5 Å². The molecule has 0 saturated heterocycles. The Morgan fingerprint density at radius 2 is 0.978 bits per heavy atom. The van der Waals surface area contributed by atoms with Gasteiger partial charge in [-0.1, -0.05) is 219 Å². The predicted molar refractivity (Wildman–Crippen MR) is 392 cm³/mol. The lowest BCUT2D eigenvalue weighted by molar-refractivity contribution is -0.385. The number of aromatic nitrogens is 2. The van der Waals surface area contributed by atoms with Crippen LogP contribution in [0.2, 0.25) is 5.02 Å². The number of phenols is 5. The highest BCUT2D eigenvalue weighted by atomic mass is 79.9. The van der Waals surface area contributed by atoms with Crippen LogP contribution >= 0.6 is 27.5 Å². The zero-order chi connectivity index (χ0) is 70.4. The minimum Gasteiger partial charge on any atom is -0.508 e. The third-order valence-corrected chi connectivity index (χ3v) is 15.9. The van der Waals surface area contributed by atoms with Crippen molar-refractivity contribution in [3.63, 3.8) is 0 Å². The number of nitro groups is 1. The van der Waals surface area contributed by atoms with Crippen molar-refractivity contribution in [3.8, 4) is 28.7 Å². The van der Waals surface area contributed by atoms with Crippen molar-refractivity contribution in [1.82, 2.24) is 9.78 Å². The van der Waals surface area contributed by atoms with E-state index in [9.17, 15) is 34.9 Å². The van der Waals surface area contributed by atoms with E-state index in [0.29, 0.717) is 58.7 Å². The summed E-state index contributed by atoms with van der Waals surface area (Å²) in [6, 6.07) is 51.1. The first-order chi connectivity index (χ1) is 43.5. The highest BCUT2D eigenvalue weighted by Gasteiger charge is 2.13. The number of para-hydroxylation sites is 1. The number of hydrogen-bond acceptors (Lipinski definition) is 8. The summed E-state index contributed by atoms with van der Waals surface area (Å²) < 4.78 is 15.2. The number of benzene rings is 8. The minimum absolute atomic E-state index is 0.00231. The van der Waals surface area contributed by atoms with Crippen molar-refractivity contribution >= 4 is 33.2 Å². The van der Waals surface area contributed by atoms with Crippen molar-refractivity contribution in [1.29, 1.82) is 0 Å². The molecule has 0 fully saturated rings. The van der Waals surface area contributed by atoms with Crippen LogP contribution in [0.4, 0.5) is 10.1 Å². The zero-order valence-corrected chi connectivity index (χ0v) is 60.9. The minimum atomic E-state index is -0.332. The Bertz CT molecular complexity index is 3580. The Kier molecular flexibility index (Phi) is 35.7. The van der Waals surface area contributed by atoms with Gasteiger partial charge in [-0.05, 0) is 213 Å². The van der Waals surface area contributed by atoms with Gasteiger partial charge in [0.05, 0.1) is 15.9 Å². The van der Waals surface area contributed by atoms with Gasteiger partial charge in [-0.3, -0.25) is 14.8 Å². The van der Waals surface area contributed by atoms with E-state index < -0.39 is 0 Å². The molecule has 5 N–H and O–H groups in total. The summed E-state index contributed by atoms with van der Waals surface area (Å²) in [7, 11) is 0. The van der Waals surface area contributed by atoms with Crippen LogP contribution in [0.25, 0.3) is 0 Å². The second-order valence-electron chi connectivity index (χ2n) is 25.6. The molecule has 502 valence electrons. The van der Waals surface area contributed by atoms with Crippen LogP contribution in [-0.4, -0.2) is 40.2 Å². The maximum atomic E-state index is 12.5. The summed E-state index contributed by atoms with van der Waals surface area (Å²) >= 11 is 9.22. The molecule has 0 aliphatic carbocycles. The SMILES string of the molecule is CC(C)c1ccc(Cn2cccn2)cc1.CC(C)c1ccc(O)c(Br)c1.CC(C)c1cccc(F)c1.CC(C)c1cccc(O)c1O.Cc1cc(O)cc(C(C)C)c1.Cc1ccc(C(C)C)c(O)c1.Cc1ccc(C(C)C)cc1Cl.Cc1ccc(C(C)C)cc1[N+](=O)[O-]. The third kappa shape index (κ3) is 30.1. The van der Waals surface area contributed by atoms with Gasteiger partial charge in [-0.2, -0.15) is 5.10 Å². The zero-order valence-electron chi connectivity index (χ0n) is 58.6. The highest BCUT2D eigenvalue weighted by molar-refractivity contribution is 9.10. The normalized spacial score (nSPS) is 10.6. The standard InChI is InChI=1S/C13H16N2.C10H13Cl.C10H13NO2.2C10H14O.C9H11BrO.C9H11F.C9H12O2/c1-11(2)13-6-4-12(5-7-13)10-15-9-3-8-14-15;1-7(2)9-5-4-8(3)10(11)6-9;1-7(2)9-5-4-8(3)10(6-9)11(12)13;1-7(2)9-4-8(3)5-10(11)6-9;1-7(2)9-5-4-8(3)6-10(9)11;1-6(2)7-3-4-9(11)8(10)5-7;1-7(2)8-4-3-5-9(10)6-8;1-6(2)7-4-3-5-8(10)9(7)11/h3-9,11H,10H2,1-2H3;4-7H,1-3H3;4-7H,1-3H3;2*4-7,11H,1-3H3;3-6,11H,1-2H3;3-7H,1-2H3;3-6,10-11H,1-2H3. The molecule has 0 amide bonds. The topological polar surface area (TPSA) is 162 Å². The molecule has 1 heterocycles. The Morgan fingerprint density at radius 1 is 0.473 bits per heavy atom. The number of aromatic hydroxyl groups is 5. The molecule has 0 atom stereocenters. The van der Waals surface area contributed by atoms with Crippen molar-refractivity contribution in [2.45, 2.75) is 192 Å². The molecule has 0 bridgehead atoms. The Hall–Kier alpha value is -7.93. The van der Waals surface area contributed by atoms with Crippen molar-refractivity contribution in [3.05, 3.63) is 274 Å². The number of nitrogens with zero attached hydrogens (tertiary/aromatic N) is 3. The average molecular weight is 1350 g/mol. The van der Waals surface area contributed by atoms with Crippen LogP contribution in [0.3, 0.4) is 0 Å². The smallest absolute Gasteiger partial charge is 0.272 e. The number of hydrogen-bond donors (Lipinski definition) is 5. The fourth-order valence-electron chi connectivity index (χ4n) is 8.77. The summed E-state index contributed by atoms with van der Waals surface area (Å²) in [6.45, 7) is 42.1. The van der Waals surface area contributed by atoms with E-state index in [2.05, 4.69) is 147 Å². The summed E-state index contributed by atoms with van der Waals surface area (Å²) in [5, 5.41) is 62.0. The molecule has 9 aromatic rings. The predicted octanol–water partition coefficient (Wildman–Crippen LogP) is 23.9. The van der Waals surface area contributed by atoms with Crippen molar-refractivity contribution in [2.75, 3.05) is 0 Å². The van der Waals surface area contributed by atoms with Gasteiger partial charge in [-0.15, -0.1) is 0 Å². The fraction of sp³-hybridized carbons (Fsp3) is 0.362. The first-order valence-corrected chi connectivity index (χ1v) is 33.1. The van der Waals surface area contributed by atoms with Crippen molar-refractivity contribution < 1.29 is 34.8 Å². The first-order valence-electron chi connectivity index (χ1n) is 31.9. The molecule has 8 aromatic carbocycles. The average Bonchev–Trinajstić information content (AvgIpc) is 1.42.